The number of anilines is 1. The van der Waals surface area contributed by atoms with Crippen molar-refractivity contribution in [1.29, 1.82) is 0 Å². The maximum Gasteiger partial charge on any atom is 0.319 e. The van der Waals surface area contributed by atoms with Crippen molar-refractivity contribution >= 4 is 23.3 Å². The van der Waals surface area contributed by atoms with Crippen molar-refractivity contribution in [2.24, 2.45) is 4.99 Å². The van der Waals surface area contributed by atoms with Crippen molar-refractivity contribution in [3.05, 3.63) is 59.7 Å². The van der Waals surface area contributed by atoms with Crippen LogP contribution in [0.15, 0.2) is 53.5 Å². The maximum absolute atomic E-state index is 12.8. The number of ether oxygens (including phenoxy) is 1. The number of urea groups is 1. The predicted molar refractivity (Wildman–Crippen MR) is 111 cm³/mol. The van der Waals surface area contributed by atoms with Gasteiger partial charge >= 0.3 is 6.03 Å². The number of hydrogen-bond acceptors (Lipinski definition) is 4. The summed E-state index contributed by atoms with van der Waals surface area (Å²) < 4.78 is 5.34. The average molecular weight is 392 g/mol. The second-order valence-electron chi connectivity index (χ2n) is 7.14. The molecule has 2 aromatic carbocycles. The summed E-state index contributed by atoms with van der Waals surface area (Å²) in [6, 6.07) is 14.7. The van der Waals surface area contributed by atoms with E-state index in [0.29, 0.717) is 30.2 Å². The first-order valence-corrected chi connectivity index (χ1v) is 9.83. The largest absolute Gasteiger partial charge is 0.497 e. The number of piperidine rings is 1. The highest BCUT2D eigenvalue weighted by Crippen LogP contribution is 2.25. The fourth-order valence-electron chi connectivity index (χ4n) is 3.66. The Labute approximate surface area is 169 Å². The third-order valence-corrected chi connectivity index (χ3v) is 5.19. The molecule has 7 nitrogen and oxygen atoms in total. The number of methoxy groups -OCH3 is 1. The van der Waals surface area contributed by atoms with E-state index >= 15 is 0 Å². The number of carbonyl (C=O) groups is 2. The number of benzodiazepines with no additional fused rings is 1. The average Bonchev–Trinajstić information content (AvgIpc) is 2.91. The fraction of sp³-hybridized carbons (Fsp3) is 0.318. The number of benzene rings is 2. The van der Waals surface area contributed by atoms with Crippen LogP contribution in [-0.4, -0.2) is 48.9 Å². The molecule has 2 N–H and O–H groups in total. The zero-order valence-corrected chi connectivity index (χ0v) is 16.4. The molecule has 1 fully saturated rings. The van der Waals surface area contributed by atoms with E-state index in [9.17, 15) is 9.59 Å². The van der Waals surface area contributed by atoms with Crippen LogP contribution in [0.25, 0.3) is 0 Å². The Bertz CT molecular complexity index is 951. The molecule has 0 spiro atoms. The highest BCUT2D eigenvalue weighted by Gasteiger charge is 2.29. The van der Waals surface area contributed by atoms with Crippen LogP contribution in [0.4, 0.5) is 10.5 Å². The van der Waals surface area contributed by atoms with Crippen molar-refractivity contribution in [1.82, 2.24) is 10.2 Å². The highest BCUT2D eigenvalue weighted by atomic mass is 16.5. The molecule has 2 heterocycles. The Morgan fingerprint density at radius 1 is 1.14 bits per heavy atom. The molecule has 1 saturated heterocycles. The smallest absolute Gasteiger partial charge is 0.319 e. The Kier molecular flexibility index (Phi) is 5.46. The molecule has 0 saturated carbocycles. The Balaban J connectivity index is 1.70. The molecule has 7 heteroatoms. The van der Waals surface area contributed by atoms with E-state index in [0.717, 1.165) is 30.4 Å². The van der Waals surface area contributed by atoms with Gasteiger partial charge in [-0.2, -0.15) is 0 Å². The van der Waals surface area contributed by atoms with Gasteiger partial charge in [0.25, 0.3) is 5.91 Å². The van der Waals surface area contributed by atoms with Gasteiger partial charge in [-0.15, -0.1) is 0 Å². The Hall–Kier alpha value is -3.35. The molecule has 2 aromatic rings. The van der Waals surface area contributed by atoms with Crippen molar-refractivity contribution < 1.29 is 14.3 Å². The first-order valence-electron chi connectivity index (χ1n) is 9.83. The molecule has 2 aliphatic heterocycles. The van der Waals surface area contributed by atoms with Crippen LogP contribution in [0.3, 0.4) is 0 Å². The maximum atomic E-state index is 12.8. The molecular weight excluding hydrogens is 368 g/mol. The summed E-state index contributed by atoms with van der Waals surface area (Å²) in [7, 11) is 1.61. The molecule has 4 rings (SSSR count). The lowest BCUT2D eigenvalue weighted by Crippen LogP contribution is -2.50. The number of amides is 3. The predicted octanol–water partition coefficient (Wildman–Crippen LogP) is 3.01. The summed E-state index contributed by atoms with van der Waals surface area (Å²) >= 11 is 0. The van der Waals surface area contributed by atoms with Gasteiger partial charge in [0.15, 0.2) is 0 Å². The summed E-state index contributed by atoms with van der Waals surface area (Å²) in [5.41, 5.74) is 2.89. The zero-order chi connectivity index (χ0) is 20.2. The normalized spacial score (nSPS) is 18.8. The molecule has 0 radical (unpaired) electrons. The summed E-state index contributed by atoms with van der Waals surface area (Å²) in [4.78, 5) is 31.9. The van der Waals surface area contributed by atoms with Crippen molar-refractivity contribution in [2.45, 2.75) is 25.4 Å². The van der Waals surface area contributed by atoms with E-state index in [1.165, 1.54) is 0 Å². The summed E-state index contributed by atoms with van der Waals surface area (Å²) in [6.45, 7) is 1.40. The molecule has 1 unspecified atom stereocenters. The molecule has 1 atom stereocenters. The third kappa shape index (κ3) is 4.08. The summed E-state index contributed by atoms with van der Waals surface area (Å²) in [5, 5.41) is 5.69. The van der Waals surface area contributed by atoms with Crippen LogP contribution < -0.4 is 15.4 Å². The van der Waals surface area contributed by atoms with Gasteiger partial charge in [-0.05, 0) is 37.5 Å². The summed E-state index contributed by atoms with van der Waals surface area (Å²) in [5.74, 6) is 0.334. The lowest BCUT2D eigenvalue weighted by Gasteiger charge is -2.28. The standard InChI is InChI=1S/C22H24N4O3/c1-29-16-9-7-8-15(14-16)19-17-10-3-4-11-18(17)23-21(27)20(24-19)25-22(28)26-12-5-2-6-13-26/h3-4,7-11,14,20H,2,5-6,12-13H2,1H3,(H,23,27)(H,25,28). The van der Waals surface area contributed by atoms with E-state index in [1.54, 1.807) is 12.0 Å². The second-order valence-corrected chi connectivity index (χ2v) is 7.14. The monoisotopic (exact) mass is 392 g/mol. The number of hydrogen-bond donors (Lipinski definition) is 2. The Morgan fingerprint density at radius 2 is 1.93 bits per heavy atom. The van der Waals surface area contributed by atoms with E-state index in [4.69, 9.17) is 4.74 Å². The van der Waals surface area contributed by atoms with E-state index < -0.39 is 6.17 Å². The van der Waals surface area contributed by atoms with Gasteiger partial charge in [-0.1, -0.05) is 30.3 Å². The Morgan fingerprint density at radius 3 is 2.72 bits per heavy atom. The third-order valence-electron chi connectivity index (χ3n) is 5.19. The number of nitrogens with one attached hydrogen (secondary N) is 2. The number of fused-ring (bicyclic) bond motifs is 1. The molecule has 0 bridgehead atoms. The number of aliphatic imine (C=N–C) groups is 1. The van der Waals surface area contributed by atoms with Crippen molar-refractivity contribution in [2.75, 3.05) is 25.5 Å². The molecule has 0 aromatic heterocycles. The van der Waals surface area contributed by atoms with Crippen LogP contribution in [0.1, 0.15) is 30.4 Å². The first-order chi connectivity index (χ1) is 14.2. The van der Waals surface area contributed by atoms with Gasteiger partial charge in [-0.25, -0.2) is 9.79 Å². The number of rotatable bonds is 3. The zero-order valence-electron chi connectivity index (χ0n) is 16.4. The van der Waals surface area contributed by atoms with Crippen LogP contribution in [0.2, 0.25) is 0 Å². The number of nitrogens with zero attached hydrogens (tertiary/aromatic N) is 2. The van der Waals surface area contributed by atoms with E-state index in [1.807, 2.05) is 48.5 Å². The molecule has 29 heavy (non-hydrogen) atoms. The van der Waals surface area contributed by atoms with Crippen molar-refractivity contribution in [3.63, 3.8) is 0 Å². The molecule has 0 aliphatic carbocycles. The number of carbonyl (C=O) groups excluding carboxylic acids is 2. The number of para-hydroxylation sites is 1. The quantitative estimate of drug-likeness (QED) is 0.842. The second kappa shape index (κ2) is 8.34. The SMILES string of the molecule is COc1cccc(C2=NC(NC(=O)N3CCCCC3)C(=O)Nc3ccccc32)c1. The molecule has 3 amide bonds. The molecule has 2 aliphatic rings. The van der Waals surface area contributed by atoms with Crippen LogP contribution in [0, 0.1) is 0 Å². The van der Waals surface area contributed by atoms with Gasteiger partial charge in [0.1, 0.15) is 5.75 Å². The van der Waals surface area contributed by atoms with Gasteiger partial charge in [0.2, 0.25) is 6.17 Å². The van der Waals surface area contributed by atoms with Crippen LogP contribution >= 0.6 is 0 Å². The summed E-state index contributed by atoms with van der Waals surface area (Å²) in [6.07, 6.45) is 2.07. The minimum absolute atomic E-state index is 0.260. The van der Waals surface area contributed by atoms with Gasteiger partial charge in [0.05, 0.1) is 18.5 Å². The van der Waals surface area contributed by atoms with Crippen molar-refractivity contribution in [3.8, 4) is 5.75 Å². The van der Waals surface area contributed by atoms with Crippen LogP contribution in [-0.2, 0) is 4.79 Å². The van der Waals surface area contributed by atoms with Gasteiger partial charge in [-0.3, -0.25) is 4.79 Å². The van der Waals surface area contributed by atoms with Gasteiger partial charge in [0, 0.05) is 24.2 Å². The first kappa shape index (κ1) is 19.0. The number of likely N-dealkylation sites (tertiary alicyclic amines) is 1. The van der Waals surface area contributed by atoms with E-state index in [2.05, 4.69) is 15.6 Å². The topological polar surface area (TPSA) is 83.0 Å². The minimum atomic E-state index is -1.02. The van der Waals surface area contributed by atoms with E-state index in [-0.39, 0.29) is 11.9 Å². The van der Waals surface area contributed by atoms with Crippen LogP contribution in [0.5, 0.6) is 5.75 Å². The highest BCUT2D eigenvalue weighted by molar-refractivity contribution is 6.19. The fourth-order valence-corrected chi connectivity index (χ4v) is 3.66. The molecule has 150 valence electrons. The minimum Gasteiger partial charge on any atom is -0.497 e. The lowest BCUT2D eigenvalue weighted by molar-refractivity contribution is -0.117. The molecular formula is C22H24N4O3. The lowest BCUT2D eigenvalue weighted by atomic mass is 10.0. The van der Waals surface area contributed by atoms with Gasteiger partial charge < -0.3 is 20.3 Å².